The van der Waals surface area contributed by atoms with Gasteiger partial charge in [-0.25, -0.2) is 4.79 Å². The van der Waals surface area contributed by atoms with E-state index < -0.39 is 17.5 Å². The fraction of sp³-hybridized carbons (Fsp3) is 0.526. The topological polar surface area (TPSA) is 78.5 Å². The molecule has 8 heteroatoms. The van der Waals surface area contributed by atoms with Crippen LogP contribution in [-0.2, 0) is 15.1 Å². The van der Waals surface area contributed by atoms with Crippen LogP contribution in [0.25, 0.3) is 0 Å². The van der Waals surface area contributed by atoms with Gasteiger partial charge in [0.25, 0.3) is 5.91 Å². The minimum Gasteiger partial charge on any atom is -0.354 e. The molecule has 1 saturated heterocycles. The molecule has 6 nitrogen and oxygen atoms in total. The van der Waals surface area contributed by atoms with Crippen LogP contribution in [-0.4, -0.2) is 35.8 Å². The summed E-state index contributed by atoms with van der Waals surface area (Å²) in [5.41, 5.74) is -0.889. The third kappa shape index (κ3) is 4.22. The van der Waals surface area contributed by atoms with E-state index in [-0.39, 0.29) is 17.5 Å². The molecule has 0 spiro atoms. The summed E-state index contributed by atoms with van der Waals surface area (Å²) in [6, 6.07) is 4.12. The molecule has 1 atom stereocenters. The molecule has 1 heterocycles. The van der Waals surface area contributed by atoms with Crippen molar-refractivity contribution in [1.82, 2.24) is 15.5 Å². The van der Waals surface area contributed by atoms with Crippen molar-refractivity contribution in [3.8, 4) is 0 Å². The Morgan fingerprint density at radius 2 is 1.96 bits per heavy atom. The average molecular weight is 412 g/mol. The second-order valence-corrected chi connectivity index (χ2v) is 8.22. The highest BCUT2D eigenvalue weighted by Gasteiger charge is 2.50. The lowest BCUT2D eigenvalue weighted by molar-refractivity contribution is -0.134. The minimum atomic E-state index is -1.33. The normalized spacial score (nSPS) is 23.4. The third-order valence-electron chi connectivity index (χ3n) is 5.36. The molecule has 4 amide bonds. The summed E-state index contributed by atoms with van der Waals surface area (Å²) in [4.78, 5) is 38.4. The molecule has 3 rings (SSSR count). The summed E-state index contributed by atoms with van der Waals surface area (Å²) < 4.78 is 0. The van der Waals surface area contributed by atoms with Gasteiger partial charge in [-0.2, -0.15) is 0 Å². The summed E-state index contributed by atoms with van der Waals surface area (Å²) in [6.45, 7) is 1.85. The predicted molar refractivity (Wildman–Crippen MR) is 104 cm³/mol. The SMILES string of the molecule is C[C@]1(c2ccc(Cl)cc2Cl)NC(=O)N(CC(=O)NCC2CCCCC2)C1=O. The predicted octanol–water partition coefficient (Wildman–Crippen LogP) is 3.46. The Hall–Kier alpha value is -1.79. The third-order valence-corrected chi connectivity index (χ3v) is 5.91. The fourth-order valence-electron chi connectivity index (χ4n) is 3.77. The number of hydrogen-bond acceptors (Lipinski definition) is 3. The van der Waals surface area contributed by atoms with Crippen LogP contribution in [0.1, 0.15) is 44.6 Å². The number of carbonyl (C=O) groups is 3. The molecular weight excluding hydrogens is 389 g/mol. The van der Waals surface area contributed by atoms with Gasteiger partial charge in [0.1, 0.15) is 12.1 Å². The van der Waals surface area contributed by atoms with Gasteiger partial charge in [0.05, 0.1) is 0 Å². The highest BCUT2D eigenvalue weighted by atomic mass is 35.5. The van der Waals surface area contributed by atoms with E-state index in [9.17, 15) is 14.4 Å². The van der Waals surface area contributed by atoms with Gasteiger partial charge in [-0.3, -0.25) is 14.5 Å². The second kappa shape index (κ2) is 8.07. The molecule has 2 N–H and O–H groups in total. The van der Waals surface area contributed by atoms with Gasteiger partial charge in [0.2, 0.25) is 5.91 Å². The van der Waals surface area contributed by atoms with Crippen LogP contribution in [0.2, 0.25) is 10.0 Å². The summed E-state index contributed by atoms with van der Waals surface area (Å²) >= 11 is 12.1. The standard InChI is InChI=1S/C19H23Cl2N3O3/c1-19(14-8-7-13(20)9-15(14)21)17(26)24(18(27)23-19)11-16(25)22-10-12-5-3-2-4-6-12/h7-9,12H,2-6,10-11H2,1H3,(H,22,25)(H,23,27)/t19-/m1/s1. The molecule has 1 saturated carbocycles. The van der Waals surface area contributed by atoms with Crippen molar-refractivity contribution in [3.63, 3.8) is 0 Å². The van der Waals surface area contributed by atoms with Gasteiger partial charge < -0.3 is 10.6 Å². The maximum atomic E-state index is 12.9. The van der Waals surface area contributed by atoms with Crippen molar-refractivity contribution < 1.29 is 14.4 Å². The smallest absolute Gasteiger partial charge is 0.325 e. The molecule has 0 aromatic heterocycles. The van der Waals surface area contributed by atoms with Gasteiger partial charge in [-0.1, -0.05) is 48.5 Å². The largest absolute Gasteiger partial charge is 0.354 e. The number of imide groups is 1. The van der Waals surface area contributed by atoms with Crippen LogP contribution in [0.4, 0.5) is 4.79 Å². The first-order valence-corrected chi connectivity index (χ1v) is 9.93. The number of amides is 4. The number of nitrogens with zero attached hydrogens (tertiary/aromatic N) is 1. The highest BCUT2D eigenvalue weighted by Crippen LogP contribution is 2.34. The van der Waals surface area contributed by atoms with Crippen LogP contribution in [0.15, 0.2) is 18.2 Å². The number of nitrogens with one attached hydrogen (secondary N) is 2. The Bertz CT molecular complexity index is 765. The maximum Gasteiger partial charge on any atom is 0.325 e. The summed E-state index contributed by atoms with van der Waals surface area (Å²) in [6.07, 6.45) is 5.84. The molecule has 27 heavy (non-hydrogen) atoms. The highest BCUT2D eigenvalue weighted by molar-refractivity contribution is 6.35. The van der Waals surface area contributed by atoms with Gasteiger partial charge in [0, 0.05) is 22.2 Å². The minimum absolute atomic E-state index is 0.280. The van der Waals surface area contributed by atoms with Crippen molar-refractivity contribution >= 4 is 41.0 Å². The number of halogens is 2. The summed E-state index contributed by atoms with van der Waals surface area (Å²) in [5, 5.41) is 6.21. The number of rotatable bonds is 5. The zero-order valence-electron chi connectivity index (χ0n) is 15.2. The first kappa shape index (κ1) is 20.0. The lowest BCUT2D eigenvalue weighted by Crippen LogP contribution is -2.44. The zero-order valence-corrected chi connectivity index (χ0v) is 16.7. The molecule has 2 fully saturated rings. The van der Waals surface area contributed by atoms with E-state index in [1.807, 2.05) is 0 Å². The van der Waals surface area contributed by atoms with Crippen LogP contribution < -0.4 is 10.6 Å². The van der Waals surface area contributed by atoms with Crippen molar-refractivity contribution in [2.24, 2.45) is 5.92 Å². The van der Waals surface area contributed by atoms with E-state index in [4.69, 9.17) is 23.2 Å². The molecule has 0 unspecified atom stereocenters. The van der Waals surface area contributed by atoms with E-state index >= 15 is 0 Å². The van der Waals surface area contributed by atoms with E-state index in [0.29, 0.717) is 23.0 Å². The first-order valence-electron chi connectivity index (χ1n) is 9.17. The molecule has 146 valence electrons. The maximum absolute atomic E-state index is 12.9. The molecule has 1 aromatic rings. The van der Waals surface area contributed by atoms with Crippen molar-refractivity contribution in [1.29, 1.82) is 0 Å². The summed E-state index contributed by atoms with van der Waals surface area (Å²) in [7, 11) is 0. The lowest BCUT2D eigenvalue weighted by atomic mass is 9.89. The Labute approximate surface area is 168 Å². The first-order chi connectivity index (χ1) is 12.8. The Kier molecular flexibility index (Phi) is 5.96. The second-order valence-electron chi connectivity index (χ2n) is 7.38. The van der Waals surface area contributed by atoms with Gasteiger partial charge in [0.15, 0.2) is 0 Å². The number of urea groups is 1. The quantitative estimate of drug-likeness (QED) is 0.728. The van der Waals surface area contributed by atoms with E-state index in [2.05, 4.69) is 10.6 Å². The molecular formula is C19H23Cl2N3O3. The van der Waals surface area contributed by atoms with E-state index in [1.165, 1.54) is 25.3 Å². The van der Waals surface area contributed by atoms with Gasteiger partial charge in [-0.05, 0) is 37.8 Å². The molecule has 2 aliphatic rings. The Morgan fingerprint density at radius 1 is 1.26 bits per heavy atom. The molecule has 1 aromatic carbocycles. The molecule has 0 radical (unpaired) electrons. The van der Waals surface area contributed by atoms with Crippen molar-refractivity contribution in [3.05, 3.63) is 33.8 Å². The van der Waals surface area contributed by atoms with Crippen LogP contribution in [0.3, 0.4) is 0 Å². The van der Waals surface area contributed by atoms with E-state index in [1.54, 1.807) is 19.1 Å². The number of hydrogen-bond donors (Lipinski definition) is 2. The van der Waals surface area contributed by atoms with Crippen molar-refractivity contribution in [2.45, 2.75) is 44.6 Å². The molecule has 1 aliphatic heterocycles. The van der Waals surface area contributed by atoms with Crippen LogP contribution >= 0.6 is 23.2 Å². The van der Waals surface area contributed by atoms with Gasteiger partial charge in [-0.15, -0.1) is 0 Å². The van der Waals surface area contributed by atoms with Crippen LogP contribution in [0.5, 0.6) is 0 Å². The monoisotopic (exact) mass is 411 g/mol. The zero-order chi connectivity index (χ0) is 19.6. The summed E-state index contributed by atoms with van der Waals surface area (Å²) in [5.74, 6) is -0.371. The molecule has 1 aliphatic carbocycles. The number of benzene rings is 1. The molecule has 0 bridgehead atoms. The number of carbonyl (C=O) groups excluding carboxylic acids is 3. The Balaban J connectivity index is 1.65. The lowest BCUT2D eigenvalue weighted by Gasteiger charge is -2.24. The average Bonchev–Trinajstić information content (AvgIpc) is 2.84. The van der Waals surface area contributed by atoms with Crippen molar-refractivity contribution in [2.75, 3.05) is 13.1 Å². The van der Waals surface area contributed by atoms with Gasteiger partial charge >= 0.3 is 6.03 Å². The Morgan fingerprint density at radius 3 is 2.63 bits per heavy atom. The van der Waals surface area contributed by atoms with E-state index in [0.717, 1.165) is 17.7 Å². The fourth-order valence-corrected chi connectivity index (χ4v) is 4.36. The van der Waals surface area contributed by atoms with Crippen LogP contribution in [0, 0.1) is 5.92 Å².